The monoisotopic (exact) mass is 463 g/mol. The number of ether oxygens (including phenoxy) is 2. The first-order valence-corrected chi connectivity index (χ1v) is 10.6. The highest BCUT2D eigenvalue weighted by Crippen LogP contribution is 2.35. The lowest BCUT2D eigenvalue weighted by Crippen LogP contribution is -2.27. The molecule has 1 aliphatic rings. The lowest BCUT2D eigenvalue weighted by Gasteiger charge is -2.14. The summed E-state index contributed by atoms with van der Waals surface area (Å²) >= 11 is 10.1. The molecule has 7 heteroatoms. The summed E-state index contributed by atoms with van der Waals surface area (Å²) < 4.78 is 11.6. The maximum absolute atomic E-state index is 12.8. The van der Waals surface area contributed by atoms with Crippen LogP contribution in [0.15, 0.2) is 53.4 Å². The highest BCUT2D eigenvalue weighted by atomic mass is 79.9. The Morgan fingerprint density at radius 3 is 2.67 bits per heavy atom. The van der Waals surface area contributed by atoms with Gasteiger partial charge in [-0.05, 0) is 29.3 Å². The summed E-state index contributed by atoms with van der Waals surface area (Å²) in [6.07, 6.45) is 1.83. The average Bonchev–Trinajstić information content (AvgIpc) is 2.95. The van der Waals surface area contributed by atoms with E-state index in [2.05, 4.69) is 15.9 Å². The molecule has 0 N–H and O–H groups in total. The van der Waals surface area contributed by atoms with E-state index in [4.69, 9.17) is 21.7 Å². The summed E-state index contributed by atoms with van der Waals surface area (Å²) in [6, 6.07) is 15.4. The number of hydrogen-bond acceptors (Lipinski definition) is 5. The first-order chi connectivity index (χ1) is 13.1. The second-order valence-electron chi connectivity index (χ2n) is 5.70. The number of halogens is 1. The average molecular weight is 464 g/mol. The molecule has 27 heavy (non-hydrogen) atoms. The number of carbonyl (C=O) groups is 1. The molecule has 1 amide bonds. The number of carbonyl (C=O) groups excluding carboxylic acids is 1. The molecule has 1 heterocycles. The van der Waals surface area contributed by atoms with E-state index in [1.54, 1.807) is 12.0 Å². The molecule has 0 aliphatic carbocycles. The highest BCUT2D eigenvalue weighted by Gasteiger charge is 2.31. The first kappa shape index (κ1) is 19.9. The Labute approximate surface area is 176 Å². The van der Waals surface area contributed by atoms with Gasteiger partial charge in [0.1, 0.15) is 4.32 Å². The van der Waals surface area contributed by atoms with Crippen LogP contribution in [0.5, 0.6) is 11.5 Å². The van der Waals surface area contributed by atoms with Gasteiger partial charge in [-0.2, -0.15) is 0 Å². The highest BCUT2D eigenvalue weighted by molar-refractivity contribution is 9.09. The maximum Gasteiger partial charge on any atom is 0.266 e. The van der Waals surface area contributed by atoms with Crippen LogP contribution in [0.3, 0.4) is 0 Å². The number of thiocarbonyl (C=S) groups is 1. The third kappa shape index (κ3) is 4.91. The van der Waals surface area contributed by atoms with Crippen LogP contribution in [0.4, 0.5) is 0 Å². The van der Waals surface area contributed by atoms with E-state index < -0.39 is 0 Å². The number of alkyl halides is 1. The third-order valence-corrected chi connectivity index (χ3v) is 5.58. The van der Waals surface area contributed by atoms with Crippen molar-refractivity contribution in [2.45, 2.75) is 6.54 Å². The maximum atomic E-state index is 12.8. The van der Waals surface area contributed by atoms with E-state index in [1.807, 2.05) is 54.6 Å². The molecule has 4 nitrogen and oxygen atoms in total. The van der Waals surface area contributed by atoms with E-state index >= 15 is 0 Å². The normalized spacial score (nSPS) is 15.5. The van der Waals surface area contributed by atoms with Crippen LogP contribution in [0.25, 0.3) is 6.08 Å². The van der Waals surface area contributed by atoms with Crippen molar-refractivity contribution >= 4 is 56.2 Å². The largest absolute Gasteiger partial charge is 0.493 e. The Bertz CT molecular complexity index is 871. The van der Waals surface area contributed by atoms with Gasteiger partial charge in [0.15, 0.2) is 11.5 Å². The zero-order chi connectivity index (χ0) is 19.2. The van der Waals surface area contributed by atoms with Gasteiger partial charge in [0, 0.05) is 5.33 Å². The van der Waals surface area contributed by atoms with Gasteiger partial charge in [-0.15, -0.1) is 0 Å². The predicted molar refractivity (Wildman–Crippen MR) is 117 cm³/mol. The molecule has 0 bridgehead atoms. The lowest BCUT2D eigenvalue weighted by molar-refractivity contribution is -0.122. The first-order valence-electron chi connectivity index (χ1n) is 8.28. The van der Waals surface area contributed by atoms with Gasteiger partial charge < -0.3 is 9.47 Å². The van der Waals surface area contributed by atoms with Crippen molar-refractivity contribution in [2.75, 3.05) is 19.0 Å². The van der Waals surface area contributed by atoms with Crippen LogP contribution >= 0.6 is 39.9 Å². The molecule has 2 aromatic rings. The Morgan fingerprint density at radius 2 is 1.96 bits per heavy atom. The van der Waals surface area contributed by atoms with Crippen LogP contribution in [-0.4, -0.2) is 34.2 Å². The second-order valence-corrected chi connectivity index (χ2v) is 8.17. The number of rotatable bonds is 7. The van der Waals surface area contributed by atoms with E-state index in [-0.39, 0.29) is 5.91 Å². The van der Waals surface area contributed by atoms with Crippen LogP contribution in [0, 0.1) is 0 Å². The van der Waals surface area contributed by atoms with Gasteiger partial charge in [-0.1, -0.05) is 76.3 Å². The van der Waals surface area contributed by atoms with Crippen molar-refractivity contribution in [3.05, 3.63) is 64.6 Å². The van der Waals surface area contributed by atoms with Crippen molar-refractivity contribution < 1.29 is 14.3 Å². The summed E-state index contributed by atoms with van der Waals surface area (Å²) in [7, 11) is 1.60. The van der Waals surface area contributed by atoms with Crippen molar-refractivity contribution in [1.29, 1.82) is 0 Å². The Hall–Kier alpha value is -1.83. The summed E-state index contributed by atoms with van der Waals surface area (Å²) in [4.78, 5) is 15.0. The smallest absolute Gasteiger partial charge is 0.266 e. The van der Waals surface area contributed by atoms with Crippen molar-refractivity contribution in [2.24, 2.45) is 0 Å². The molecule has 2 aromatic carbocycles. The van der Waals surface area contributed by atoms with Gasteiger partial charge in [-0.25, -0.2) is 0 Å². The zero-order valence-electron chi connectivity index (χ0n) is 14.7. The molecule has 1 aliphatic heterocycles. The lowest BCUT2D eigenvalue weighted by atomic mass is 10.1. The van der Waals surface area contributed by atoms with E-state index in [0.29, 0.717) is 33.9 Å². The number of hydrogen-bond donors (Lipinski definition) is 0. The molecule has 0 radical (unpaired) electrons. The standard InChI is InChI=1S/C20H18BrNO3S2/c1-24-17-11-15(7-8-16(17)25-10-9-21)12-18-19(23)22(20(26)27-18)13-14-5-3-2-4-6-14/h2-8,11-12H,9-10,13H2,1H3/b18-12-. The quantitative estimate of drug-likeness (QED) is 0.332. The number of methoxy groups -OCH3 is 1. The van der Waals surface area contributed by atoms with Crippen molar-refractivity contribution in [3.63, 3.8) is 0 Å². The van der Waals surface area contributed by atoms with E-state index in [9.17, 15) is 4.79 Å². The number of thioether (sulfide) groups is 1. The molecule has 0 saturated carbocycles. The van der Waals surface area contributed by atoms with Crippen LogP contribution in [-0.2, 0) is 11.3 Å². The fourth-order valence-electron chi connectivity index (χ4n) is 2.60. The zero-order valence-corrected chi connectivity index (χ0v) is 17.9. The fourth-order valence-corrected chi connectivity index (χ4v) is 4.01. The molecule has 3 rings (SSSR count). The molecule has 0 aromatic heterocycles. The van der Waals surface area contributed by atoms with Crippen molar-refractivity contribution in [3.8, 4) is 11.5 Å². The topological polar surface area (TPSA) is 38.8 Å². The van der Waals surface area contributed by atoms with Crippen LogP contribution in [0.2, 0.25) is 0 Å². The van der Waals surface area contributed by atoms with Gasteiger partial charge in [0.05, 0.1) is 25.2 Å². The molecule has 0 atom stereocenters. The Balaban J connectivity index is 1.79. The van der Waals surface area contributed by atoms with Crippen LogP contribution in [0.1, 0.15) is 11.1 Å². The third-order valence-electron chi connectivity index (χ3n) is 3.88. The Morgan fingerprint density at radius 1 is 1.19 bits per heavy atom. The van der Waals surface area contributed by atoms with Gasteiger partial charge in [0.25, 0.3) is 5.91 Å². The number of amides is 1. The minimum atomic E-state index is -0.0764. The van der Waals surface area contributed by atoms with Gasteiger partial charge >= 0.3 is 0 Å². The van der Waals surface area contributed by atoms with Gasteiger partial charge in [0.2, 0.25) is 0 Å². The SMILES string of the molecule is COc1cc(/C=C2\SC(=S)N(Cc3ccccc3)C2=O)ccc1OCCBr. The van der Waals surface area contributed by atoms with E-state index in [1.165, 1.54) is 11.8 Å². The Kier molecular flexibility index (Phi) is 6.93. The second kappa shape index (κ2) is 9.39. The number of benzene rings is 2. The molecule has 140 valence electrons. The van der Waals surface area contributed by atoms with Crippen molar-refractivity contribution in [1.82, 2.24) is 4.90 Å². The molecule has 0 spiro atoms. The summed E-state index contributed by atoms with van der Waals surface area (Å²) in [5.41, 5.74) is 1.91. The summed E-state index contributed by atoms with van der Waals surface area (Å²) in [5, 5.41) is 0.738. The minimum absolute atomic E-state index is 0.0764. The van der Waals surface area contributed by atoms with Crippen LogP contribution < -0.4 is 9.47 Å². The van der Waals surface area contributed by atoms with Gasteiger partial charge in [-0.3, -0.25) is 9.69 Å². The molecular weight excluding hydrogens is 446 g/mol. The summed E-state index contributed by atoms with van der Waals surface area (Å²) in [5.74, 6) is 1.22. The van der Waals surface area contributed by atoms with E-state index in [0.717, 1.165) is 16.5 Å². The predicted octanol–water partition coefficient (Wildman–Crippen LogP) is 4.87. The molecule has 1 fully saturated rings. The minimum Gasteiger partial charge on any atom is -0.493 e. The molecular formula is C20H18BrNO3S2. The fraction of sp³-hybridized carbons (Fsp3) is 0.200. The molecule has 1 saturated heterocycles. The molecule has 0 unspecified atom stereocenters. The number of nitrogens with zero attached hydrogens (tertiary/aromatic N) is 1. The summed E-state index contributed by atoms with van der Waals surface area (Å²) in [6.45, 7) is 1.03.